The molecule has 0 aliphatic rings. The maximum Gasteiger partial charge on any atom is 0.268 e. The first-order valence-corrected chi connectivity index (χ1v) is 5.96. The van der Waals surface area contributed by atoms with Crippen molar-refractivity contribution in [2.45, 2.75) is 39.3 Å². The second-order valence-electron chi connectivity index (χ2n) is 5.04. The molecule has 1 amide bonds. The van der Waals surface area contributed by atoms with Gasteiger partial charge in [-0.2, -0.15) is 0 Å². The summed E-state index contributed by atoms with van der Waals surface area (Å²) in [5, 5.41) is 12.8. The van der Waals surface area contributed by atoms with Gasteiger partial charge in [-0.05, 0) is 33.8 Å². The summed E-state index contributed by atoms with van der Waals surface area (Å²) in [6.07, 6.45) is 1.73. The quantitative estimate of drug-likeness (QED) is 0.870. The molecule has 0 fully saturated rings. The highest BCUT2D eigenvalue weighted by molar-refractivity contribution is 6.31. The molecule has 17 heavy (non-hydrogen) atoms. The number of nitrogens with one attached hydrogen (secondary N) is 1. The average Bonchev–Trinajstić information content (AvgIpc) is 2.55. The summed E-state index contributed by atoms with van der Waals surface area (Å²) in [4.78, 5) is 11.9. The first-order chi connectivity index (χ1) is 7.70. The smallest absolute Gasteiger partial charge is 0.268 e. The van der Waals surface area contributed by atoms with Crippen LogP contribution in [0.5, 0.6) is 0 Å². The van der Waals surface area contributed by atoms with Gasteiger partial charge in [0.15, 0.2) is 0 Å². The van der Waals surface area contributed by atoms with Crippen LogP contribution in [0.1, 0.15) is 44.2 Å². The molecule has 4 nitrogen and oxygen atoms in total. The molecule has 0 saturated heterocycles. The Morgan fingerprint density at radius 1 is 1.59 bits per heavy atom. The fourth-order valence-corrected chi connectivity index (χ4v) is 1.65. The molecular weight excluding hydrogens is 240 g/mol. The minimum atomic E-state index is -0.922. The lowest BCUT2D eigenvalue weighted by atomic mass is 10.1. The predicted molar refractivity (Wildman–Crippen MR) is 68.5 cm³/mol. The third kappa shape index (κ3) is 4.06. The van der Waals surface area contributed by atoms with Gasteiger partial charge in [0.2, 0.25) is 0 Å². The molecule has 96 valence electrons. The van der Waals surface area contributed by atoms with Gasteiger partial charge in [-0.1, -0.05) is 11.6 Å². The fraction of sp³-hybridized carbons (Fsp3) is 0.583. The van der Waals surface area contributed by atoms with Crippen LogP contribution in [0.3, 0.4) is 0 Å². The highest BCUT2D eigenvalue weighted by atomic mass is 35.5. The van der Waals surface area contributed by atoms with E-state index in [0.717, 1.165) is 0 Å². The Labute approximate surface area is 107 Å². The normalized spacial score (nSPS) is 11.9. The highest BCUT2D eigenvalue weighted by Crippen LogP contribution is 2.18. The maximum atomic E-state index is 11.9. The Kier molecular flexibility index (Phi) is 4.22. The molecule has 1 aromatic rings. The molecule has 5 heteroatoms. The van der Waals surface area contributed by atoms with Gasteiger partial charge in [0.05, 0.1) is 10.6 Å². The molecule has 0 aliphatic heterocycles. The van der Waals surface area contributed by atoms with Crippen LogP contribution < -0.4 is 5.32 Å². The summed E-state index contributed by atoms with van der Waals surface area (Å²) < 4.78 is 1.81. The van der Waals surface area contributed by atoms with E-state index in [9.17, 15) is 9.90 Å². The molecular formula is C12H19ClN2O2. The van der Waals surface area contributed by atoms with Crippen LogP contribution in [0.15, 0.2) is 12.3 Å². The number of nitrogens with zero attached hydrogens (tertiary/aromatic N) is 1. The summed E-state index contributed by atoms with van der Waals surface area (Å²) in [6, 6.07) is 1.78. The van der Waals surface area contributed by atoms with Crippen molar-refractivity contribution in [2.24, 2.45) is 0 Å². The monoisotopic (exact) mass is 258 g/mol. The zero-order valence-corrected chi connectivity index (χ0v) is 11.4. The number of halogens is 1. The number of amides is 1. The molecule has 1 heterocycles. The number of hydrogen-bond donors (Lipinski definition) is 2. The molecule has 2 N–H and O–H groups in total. The van der Waals surface area contributed by atoms with Crippen LogP contribution in [-0.4, -0.2) is 27.7 Å². The van der Waals surface area contributed by atoms with Crippen molar-refractivity contribution in [2.75, 3.05) is 6.54 Å². The van der Waals surface area contributed by atoms with Crippen LogP contribution >= 0.6 is 11.6 Å². The fourth-order valence-electron chi connectivity index (χ4n) is 1.44. The Hall–Kier alpha value is -1.00. The number of rotatable bonds is 4. The summed E-state index contributed by atoms with van der Waals surface area (Å²) >= 11 is 5.89. The first-order valence-electron chi connectivity index (χ1n) is 5.58. The largest absolute Gasteiger partial charge is 0.389 e. The maximum absolute atomic E-state index is 11.9. The first kappa shape index (κ1) is 14.1. The van der Waals surface area contributed by atoms with Crippen LogP contribution in [-0.2, 0) is 0 Å². The zero-order chi connectivity index (χ0) is 13.2. The second-order valence-corrected chi connectivity index (χ2v) is 5.48. The Morgan fingerprint density at radius 3 is 2.65 bits per heavy atom. The van der Waals surface area contributed by atoms with Gasteiger partial charge in [-0.25, -0.2) is 0 Å². The van der Waals surface area contributed by atoms with Crippen LogP contribution in [0, 0.1) is 0 Å². The summed E-state index contributed by atoms with van der Waals surface area (Å²) in [7, 11) is 0. The summed E-state index contributed by atoms with van der Waals surface area (Å²) in [5.74, 6) is -0.229. The van der Waals surface area contributed by atoms with Gasteiger partial charge < -0.3 is 15.0 Å². The van der Waals surface area contributed by atoms with E-state index in [0.29, 0.717) is 10.7 Å². The van der Waals surface area contributed by atoms with Gasteiger partial charge in [0.1, 0.15) is 5.69 Å². The lowest BCUT2D eigenvalue weighted by molar-refractivity contribution is 0.0689. The molecule has 0 bridgehead atoms. The molecule has 0 spiro atoms. The van der Waals surface area contributed by atoms with Crippen molar-refractivity contribution in [1.82, 2.24) is 9.88 Å². The summed E-state index contributed by atoms with van der Waals surface area (Å²) in [5.41, 5.74) is -0.413. The Balaban J connectivity index is 2.82. The van der Waals surface area contributed by atoms with Crippen molar-refractivity contribution in [3.8, 4) is 0 Å². The standard InChI is InChI=1S/C12H19ClN2O2/c1-8(2)15-6-9(13)5-10(15)11(16)14-7-12(3,4)17/h5-6,8,17H,7H2,1-4H3,(H,14,16). The van der Waals surface area contributed by atoms with Gasteiger partial charge in [-0.15, -0.1) is 0 Å². The van der Waals surface area contributed by atoms with Crippen molar-refractivity contribution < 1.29 is 9.90 Å². The molecule has 0 unspecified atom stereocenters. The van der Waals surface area contributed by atoms with E-state index in [1.54, 1.807) is 26.1 Å². The van der Waals surface area contributed by atoms with Crippen LogP contribution in [0.2, 0.25) is 5.02 Å². The van der Waals surface area contributed by atoms with E-state index in [1.807, 2.05) is 18.4 Å². The van der Waals surface area contributed by atoms with Gasteiger partial charge in [0.25, 0.3) is 5.91 Å². The molecule has 0 aromatic carbocycles. The summed E-state index contributed by atoms with van der Waals surface area (Å²) in [6.45, 7) is 7.43. The van der Waals surface area contributed by atoms with Crippen molar-refractivity contribution in [1.29, 1.82) is 0 Å². The lowest BCUT2D eigenvalue weighted by Crippen LogP contribution is -2.38. The van der Waals surface area contributed by atoms with E-state index in [1.165, 1.54) is 0 Å². The molecule has 1 aromatic heterocycles. The Bertz CT molecular complexity index is 405. The van der Waals surface area contributed by atoms with E-state index < -0.39 is 5.60 Å². The molecule has 0 saturated carbocycles. The number of hydrogen-bond acceptors (Lipinski definition) is 2. The minimum absolute atomic E-state index is 0.158. The Morgan fingerprint density at radius 2 is 2.18 bits per heavy atom. The zero-order valence-electron chi connectivity index (χ0n) is 10.6. The van der Waals surface area contributed by atoms with Crippen molar-refractivity contribution in [3.63, 3.8) is 0 Å². The van der Waals surface area contributed by atoms with Crippen molar-refractivity contribution >= 4 is 17.5 Å². The van der Waals surface area contributed by atoms with Gasteiger partial charge >= 0.3 is 0 Å². The van der Waals surface area contributed by atoms with E-state index in [2.05, 4.69) is 5.32 Å². The lowest BCUT2D eigenvalue weighted by Gasteiger charge is -2.18. The average molecular weight is 259 g/mol. The number of carbonyl (C=O) groups is 1. The molecule has 0 radical (unpaired) electrons. The third-order valence-corrected chi connectivity index (χ3v) is 2.49. The van der Waals surface area contributed by atoms with Crippen molar-refractivity contribution in [3.05, 3.63) is 23.0 Å². The number of carbonyl (C=O) groups excluding carboxylic acids is 1. The number of aromatic nitrogens is 1. The van der Waals surface area contributed by atoms with Gasteiger partial charge in [0, 0.05) is 18.8 Å². The van der Waals surface area contributed by atoms with E-state index in [-0.39, 0.29) is 18.5 Å². The van der Waals surface area contributed by atoms with Crippen LogP contribution in [0.4, 0.5) is 0 Å². The molecule has 0 aliphatic carbocycles. The SMILES string of the molecule is CC(C)n1cc(Cl)cc1C(=O)NCC(C)(C)O. The minimum Gasteiger partial charge on any atom is -0.389 e. The van der Waals surface area contributed by atoms with E-state index >= 15 is 0 Å². The van der Waals surface area contributed by atoms with E-state index in [4.69, 9.17) is 11.6 Å². The number of aliphatic hydroxyl groups is 1. The molecule has 0 atom stereocenters. The van der Waals surface area contributed by atoms with Gasteiger partial charge in [-0.3, -0.25) is 4.79 Å². The highest BCUT2D eigenvalue weighted by Gasteiger charge is 2.18. The predicted octanol–water partition coefficient (Wildman–Crippen LogP) is 2.22. The van der Waals surface area contributed by atoms with Crippen LogP contribution in [0.25, 0.3) is 0 Å². The third-order valence-electron chi connectivity index (χ3n) is 2.29. The molecule has 1 rings (SSSR count). The second kappa shape index (κ2) is 5.10. The topological polar surface area (TPSA) is 54.3 Å².